The van der Waals surface area contributed by atoms with E-state index in [0.29, 0.717) is 26.4 Å². The number of hydrogen-bond acceptors (Lipinski definition) is 8. The highest BCUT2D eigenvalue weighted by Crippen LogP contribution is 2.45. The summed E-state index contributed by atoms with van der Waals surface area (Å²) in [7, 11) is 0. The highest BCUT2D eigenvalue weighted by molar-refractivity contribution is 7.22. The molecule has 1 N–H and O–H groups in total. The van der Waals surface area contributed by atoms with Gasteiger partial charge >= 0.3 is 6.09 Å². The smallest absolute Gasteiger partial charge is 0.410 e. The van der Waals surface area contributed by atoms with Gasteiger partial charge in [0.1, 0.15) is 49.3 Å². The minimum atomic E-state index is -0.868. The van der Waals surface area contributed by atoms with E-state index < -0.39 is 6.10 Å². The van der Waals surface area contributed by atoms with Crippen LogP contribution < -0.4 is 14.2 Å². The van der Waals surface area contributed by atoms with Crippen LogP contribution in [-0.4, -0.2) is 72.5 Å². The summed E-state index contributed by atoms with van der Waals surface area (Å²) < 4.78 is 25.1. The molecule has 3 fully saturated rings. The average molecular weight is 719 g/mol. The predicted molar refractivity (Wildman–Crippen MR) is 204 cm³/mol. The summed E-state index contributed by atoms with van der Waals surface area (Å²) in [4.78, 5) is 17.6. The van der Waals surface area contributed by atoms with Gasteiger partial charge < -0.3 is 24.1 Å². The van der Waals surface area contributed by atoms with E-state index in [-0.39, 0.29) is 18.2 Å². The van der Waals surface area contributed by atoms with Gasteiger partial charge in [0.15, 0.2) is 0 Å². The lowest BCUT2D eigenvalue weighted by Crippen LogP contribution is -2.48. The van der Waals surface area contributed by atoms with E-state index >= 15 is 0 Å². The molecule has 8 rings (SSSR count). The van der Waals surface area contributed by atoms with Crippen molar-refractivity contribution in [3.05, 3.63) is 114 Å². The van der Waals surface area contributed by atoms with Crippen molar-refractivity contribution in [1.82, 2.24) is 9.80 Å². The van der Waals surface area contributed by atoms with Crippen LogP contribution in [0, 0.1) is 0 Å². The molecular formula is C43H46N2O6S. The molecule has 2 aliphatic heterocycles. The van der Waals surface area contributed by atoms with Crippen molar-refractivity contribution in [1.29, 1.82) is 0 Å². The molecular weight excluding hydrogens is 673 g/mol. The number of carbonyl (C=O) groups is 1. The number of benzene rings is 4. The molecule has 0 spiro atoms. The van der Waals surface area contributed by atoms with Crippen molar-refractivity contribution < 1.29 is 28.8 Å². The number of thiophene rings is 1. The molecule has 3 atom stereocenters. The maximum Gasteiger partial charge on any atom is 0.410 e. The quantitative estimate of drug-likeness (QED) is 0.130. The van der Waals surface area contributed by atoms with E-state index in [1.165, 1.54) is 12.8 Å². The second-order valence-electron chi connectivity index (χ2n) is 14.0. The van der Waals surface area contributed by atoms with Gasteiger partial charge in [0, 0.05) is 21.7 Å². The molecule has 1 saturated carbocycles. The van der Waals surface area contributed by atoms with Gasteiger partial charge in [-0.25, -0.2) is 4.79 Å². The number of amides is 1. The average Bonchev–Trinajstić information content (AvgIpc) is 3.95. The van der Waals surface area contributed by atoms with Crippen LogP contribution in [0.4, 0.5) is 4.79 Å². The fraction of sp³-hybridized carbons (Fsp3) is 0.372. The number of carbonyl (C=O) groups excluding carboxylic acids is 1. The molecule has 5 aromatic rings. The molecule has 3 aliphatic rings. The molecule has 52 heavy (non-hydrogen) atoms. The Labute approximate surface area is 309 Å². The van der Waals surface area contributed by atoms with Crippen molar-refractivity contribution >= 4 is 27.5 Å². The van der Waals surface area contributed by atoms with Crippen LogP contribution in [-0.2, 0) is 11.3 Å². The molecule has 0 radical (unpaired) electrons. The Balaban J connectivity index is 1.04. The highest BCUT2D eigenvalue weighted by Gasteiger charge is 2.37. The third-order valence-corrected chi connectivity index (χ3v) is 11.8. The molecule has 8 nitrogen and oxygen atoms in total. The lowest BCUT2D eigenvalue weighted by Gasteiger charge is -2.36. The largest absolute Gasteiger partial charge is 0.492 e. The molecule has 1 aromatic heterocycles. The number of ether oxygens (including phenoxy) is 4. The minimum absolute atomic E-state index is 0.0113. The maximum absolute atomic E-state index is 12.3. The SMILES string of the molecule is O=C1OCCN1C1CCCCC1Oc1ccc(C(O)c2c(-c3ccc(OCCN4CCCC4)cc3)sc3cc(OCc4ccccc4)ccc23)cc1. The topological polar surface area (TPSA) is 80.7 Å². The fourth-order valence-corrected chi connectivity index (χ4v) is 9.03. The zero-order valence-electron chi connectivity index (χ0n) is 29.5. The van der Waals surface area contributed by atoms with Crippen LogP contribution >= 0.6 is 11.3 Å². The van der Waals surface area contributed by atoms with Crippen molar-refractivity contribution in [2.24, 2.45) is 0 Å². The van der Waals surface area contributed by atoms with Crippen LogP contribution in [0.25, 0.3) is 20.5 Å². The summed E-state index contributed by atoms with van der Waals surface area (Å²) in [6.45, 7) is 5.47. The molecule has 2 saturated heterocycles. The third-order valence-electron chi connectivity index (χ3n) is 10.6. The second kappa shape index (κ2) is 16.0. The van der Waals surface area contributed by atoms with Crippen molar-refractivity contribution in [3.8, 4) is 27.7 Å². The van der Waals surface area contributed by atoms with E-state index in [2.05, 4.69) is 41.3 Å². The van der Waals surface area contributed by atoms with E-state index in [0.717, 1.165) is 99.8 Å². The highest BCUT2D eigenvalue weighted by atomic mass is 32.1. The summed E-state index contributed by atoms with van der Waals surface area (Å²) in [6.07, 6.45) is 5.29. The van der Waals surface area contributed by atoms with Crippen LogP contribution in [0.15, 0.2) is 97.1 Å². The summed E-state index contributed by atoms with van der Waals surface area (Å²) >= 11 is 1.66. The monoisotopic (exact) mass is 718 g/mol. The zero-order valence-corrected chi connectivity index (χ0v) is 30.3. The number of hydrogen-bond donors (Lipinski definition) is 1. The molecule has 270 valence electrons. The first-order valence-corrected chi connectivity index (χ1v) is 19.5. The Morgan fingerprint density at radius 2 is 1.56 bits per heavy atom. The molecule has 3 unspecified atom stereocenters. The Kier molecular flexibility index (Phi) is 10.6. The number of aliphatic hydroxyl groups is 1. The standard InChI is InChI=1S/C43H46N2O6S/c46-41(31-12-18-34(19-13-31)51-38-11-5-4-10-37(38)45-25-27-49-43(45)47)40-36-21-20-35(50-29-30-8-2-1-3-9-30)28-39(36)52-42(40)32-14-16-33(17-15-32)48-26-24-44-22-6-7-23-44/h1-3,8-9,12-21,28,37-38,41,46H,4-7,10-11,22-27,29H2. The van der Waals surface area contributed by atoms with Crippen LogP contribution in [0.3, 0.4) is 0 Å². The first-order chi connectivity index (χ1) is 25.6. The molecule has 1 amide bonds. The van der Waals surface area contributed by atoms with Gasteiger partial charge in [-0.1, -0.05) is 48.9 Å². The van der Waals surface area contributed by atoms with Gasteiger partial charge in [-0.15, -0.1) is 11.3 Å². The lowest BCUT2D eigenvalue weighted by molar-refractivity contribution is 0.0571. The van der Waals surface area contributed by atoms with Gasteiger partial charge in [-0.2, -0.15) is 0 Å². The van der Waals surface area contributed by atoms with Crippen LogP contribution in [0.5, 0.6) is 17.2 Å². The Hall–Kier alpha value is -4.57. The molecule has 0 bridgehead atoms. The van der Waals surface area contributed by atoms with E-state index in [4.69, 9.17) is 18.9 Å². The number of aliphatic hydroxyl groups excluding tert-OH is 1. The molecule has 1 aliphatic carbocycles. The number of nitrogens with zero attached hydrogens (tertiary/aromatic N) is 2. The maximum atomic E-state index is 12.3. The molecule has 4 aromatic carbocycles. The number of likely N-dealkylation sites (tertiary alicyclic amines) is 1. The molecule has 9 heteroatoms. The van der Waals surface area contributed by atoms with Crippen molar-refractivity contribution in [2.75, 3.05) is 39.4 Å². The van der Waals surface area contributed by atoms with E-state index in [1.807, 2.05) is 65.6 Å². The normalized spacial score (nSPS) is 19.9. The third kappa shape index (κ3) is 7.77. The Morgan fingerprint density at radius 1 is 0.808 bits per heavy atom. The van der Waals surface area contributed by atoms with E-state index in [9.17, 15) is 9.90 Å². The lowest BCUT2D eigenvalue weighted by atomic mass is 9.91. The first-order valence-electron chi connectivity index (χ1n) is 18.7. The number of cyclic esters (lactones) is 1. The van der Waals surface area contributed by atoms with Gasteiger partial charge in [0.2, 0.25) is 0 Å². The number of rotatable bonds is 13. The zero-order chi connectivity index (χ0) is 35.3. The first kappa shape index (κ1) is 34.5. The Bertz CT molecular complexity index is 1940. The minimum Gasteiger partial charge on any atom is -0.492 e. The second-order valence-corrected chi connectivity index (χ2v) is 15.0. The van der Waals surface area contributed by atoms with Gasteiger partial charge in [0.05, 0.1) is 12.6 Å². The van der Waals surface area contributed by atoms with Gasteiger partial charge in [-0.3, -0.25) is 9.80 Å². The summed E-state index contributed by atoms with van der Waals surface area (Å²) in [5.74, 6) is 2.37. The summed E-state index contributed by atoms with van der Waals surface area (Å²) in [6, 6.07) is 32.3. The number of fused-ring (bicyclic) bond motifs is 1. The Morgan fingerprint density at radius 3 is 2.33 bits per heavy atom. The van der Waals surface area contributed by atoms with E-state index in [1.54, 1.807) is 11.3 Å². The van der Waals surface area contributed by atoms with Crippen molar-refractivity contribution in [3.63, 3.8) is 0 Å². The molecule has 3 heterocycles. The fourth-order valence-electron chi connectivity index (χ4n) is 7.76. The summed E-state index contributed by atoms with van der Waals surface area (Å²) in [5.41, 5.74) is 3.78. The van der Waals surface area contributed by atoms with Crippen LogP contribution in [0.2, 0.25) is 0 Å². The van der Waals surface area contributed by atoms with Crippen LogP contribution in [0.1, 0.15) is 61.3 Å². The predicted octanol–water partition coefficient (Wildman–Crippen LogP) is 8.85. The van der Waals surface area contributed by atoms with Crippen molar-refractivity contribution in [2.45, 2.75) is 63.4 Å². The van der Waals surface area contributed by atoms with Gasteiger partial charge in [-0.05, 0) is 122 Å². The van der Waals surface area contributed by atoms with Gasteiger partial charge in [0.25, 0.3) is 0 Å². The summed E-state index contributed by atoms with van der Waals surface area (Å²) in [5, 5.41) is 13.1.